The highest BCUT2D eigenvalue weighted by molar-refractivity contribution is 6.00. The van der Waals surface area contributed by atoms with Crippen LogP contribution in [-0.4, -0.2) is 33.7 Å². The molecule has 1 aliphatic heterocycles. The van der Waals surface area contributed by atoms with Crippen molar-refractivity contribution in [2.75, 3.05) is 13.1 Å². The minimum absolute atomic E-state index is 0.144. The van der Waals surface area contributed by atoms with Gasteiger partial charge in [0.25, 0.3) is 5.91 Å². The van der Waals surface area contributed by atoms with E-state index >= 15 is 0 Å². The first-order valence-electron chi connectivity index (χ1n) is 9.10. The zero-order chi connectivity index (χ0) is 16.5. The Hall–Kier alpha value is -2.10. The molecule has 2 aromatic rings. The van der Waals surface area contributed by atoms with Crippen LogP contribution < -0.4 is 0 Å². The zero-order valence-electron chi connectivity index (χ0n) is 14.3. The van der Waals surface area contributed by atoms with Crippen molar-refractivity contribution in [1.82, 2.24) is 14.7 Å². The van der Waals surface area contributed by atoms with Gasteiger partial charge in [0.2, 0.25) is 0 Å². The second-order valence-electron chi connectivity index (χ2n) is 7.24. The summed E-state index contributed by atoms with van der Waals surface area (Å²) in [5.41, 5.74) is 2.71. The van der Waals surface area contributed by atoms with E-state index in [4.69, 9.17) is 0 Å². The molecule has 2 fully saturated rings. The molecule has 4 nitrogen and oxygen atoms in total. The summed E-state index contributed by atoms with van der Waals surface area (Å²) in [6.45, 7) is 1.82. The second-order valence-corrected chi connectivity index (χ2v) is 7.24. The van der Waals surface area contributed by atoms with Gasteiger partial charge in [-0.3, -0.25) is 9.48 Å². The molecule has 1 aromatic heterocycles. The number of carbonyl (C=O) groups excluding carboxylic acids is 1. The normalized spacial score (nSPS) is 23.8. The highest BCUT2D eigenvalue weighted by atomic mass is 16.2. The summed E-state index contributed by atoms with van der Waals surface area (Å²) in [6.07, 6.45) is 8.23. The number of fused-ring (bicyclic) bond motifs is 1. The Bertz CT molecular complexity index is 722. The van der Waals surface area contributed by atoms with Crippen LogP contribution in [0.2, 0.25) is 0 Å². The van der Waals surface area contributed by atoms with E-state index in [-0.39, 0.29) is 5.91 Å². The van der Waals surface area contributed by atoms with Crippen molar-refractivity contribution >= 4 is 5.91 Å². The van der Waals surface area contributed by atoms with Crippen molar-refractivity contribution in [1.29, 1.82) is 0 Å². The number of aromatic nitrogens is 2. The van der Waals surface area contributed by atoms with Crippen molar-refractivity contribution in [2.45, 2.75) is 32.1 Å². The lowest BCUT2D eigenvalue weighted by Crippen LogP contribution is -2.44. The van der Waals surface area contributed by atoms with Crippen LogP contribution in [-0.2, 0) is 7.05 Å². The summed E-state index contributed by atoms with van der Waals surface area (Å²) >= 11 is 0. The fraction of sp³-hybridized carbons (Fsp3) is 0.500. The van der Waals surface area contributed by atoms with Crippen LogP contribution in [0.15, 0.2) is 36.5 Å². The molecule has 126 valence electrons. The molecule has 1 aliphatic carbocycles. The quantitative estimate of drug-likeness (QED) is 0.844. The number of rotatable bonds is 2. The van der Waals surface area contributed by atoms with Crippen molar-refractivity contribution in [3.63, 3.8) is 0 Å². The van der Waals surface area contributed by atoms with E-state index in [1.807, 2.05) is 42.1 Å². The average molecular weight is 323 g/mol. The third-order valence-corrected chi connectivity index (χ3v) is 5.79. The third-order valence-electron chi connectivity index (χ3n) is 5.79. The van der Waals surface area contributed by atoms with Crippen LogP contribution in [0, 0.1) is 11.8 Å². The minimum Gasteiger partial charge on any atom is -0.338 e. The summed E-state index contributed by atoms with van der Waals surface area (Å²) in [7, 11) is 1.91. The van der Waals surface area contributed by atoms with Crippen LogP contribution in [0.5, 0.6) is 0 Å². The number of aryl methyl sites for hydroxylation is 1. The van der Waals surface area contributed by atoms with E-state index in [0.29, 0.717) is 5.92 Å². The first-order valence-corrected chi connectivity index (χ1v) is 9.10. The molecule has 0 spiro atoms. The maximum atomic E-state index is 13.2. The molecule has 2 heterocycles. The zero-order valence-corrected chi connectivity index (χ0v) is 14.3. The van der Waals surface area contributed by atoms with E-state index in [1.165, 1.54) is 25.7 Å². The molecule has 4 rings (SSSR count). The van der Waals surface area contributed by atoms with Crippen LogP contribution in [0.3, 0.4) is 0 Å². The first kappa shape index (κ1) is 15.4. The highest BCUT2D eigenvalue weighted by Gasteiger charge is 2.34. The predicted molar refractivity (Wildman–Crippen MR) is 94.6 cm³/mol. The van der Waals surface area contributed by atoms with Crippen molar-refractivity contribution < 1.29 is 4.79 Å². The molecule has 4 heteroatoms. The molecule has 0 N–H and O–H groups in total. The van der Waals surface area contributed by atoms with Crippen molar-refractivity contribution in [2.24, 2.45) is 18.9 Å². The number of likely N-dealkylation sites (tertiary alicyclic amines) is 1. The summed E-state index contributed by atoms with van der Waals surface area (Å²) in [5.74, 6) is 1.68. The van der Waals surface area contributed by atoms with Gasteiger partial charge in [-0.25, -0.2) is 0 Å². The number of piperidine rings is 1. The van der Waals surface area contributed by atoms with Gasteiger partial charge in [0.05, 0.1) is 17.5 Å². The number of carbonyl (C=O) groups is 1. The van der Waals surface area contributed by atoms with Gasteiger partial charge in [0.15, 0.2) is 0 Å². The van der Waals surface area contributed by atoms with Crippen LogP contribution in [0.4, 0.5) is 0 Å². The van der Waals surface area contributed by atoms with Gasteiger partial charge >= 0.3 is 0 Å². The van der Waals surface area contributed by atoms with E-state index in [0.717, 1.165) is 42.2 Å². The fourth-order valence-electron chi connectivity index (χ4n) is 4.49. The van der Waals surface area contributed by atoms with Crippen LogP contribution in [0.25, 0.3) is 11.3 Å². The second kappa shape index (κ2) is 6.42. The molecule has 2 aliphatic rings. The van der Waals surface area contributed by atoms with Crippen LogP contribution in [0.1, 0.15) is 42.5 Å². The van der Waals surface area contributed by atoms with Gasteiger partial charge in [-0.05, 0) is 24.7 Å². The number of hydrogen-bond acceptors (Lipinski definition) is 2. The lowest BCUT2D eigenvalue weighted by molar-refractivity contribution is 0.0521. The molecule has 0 radical (unpaired) electrons. The number of benzene rings is 1. The molecule has 1 saturated carbocycles. The standard InChI is InChI=1S/C20H25N3O/c1-22-19(16-8-3-2-4-9-16)18(13-21-22)20(24)23-12-11-15-7-5-6-10-17(15)14-23/h2-4,8-9,13,15,17H,5-7,10-12,14H2,1H3. The molecule has 2 atom stereocenters. The monoisotopic (exact) mass is 323 g/mol. The summed E-state index contributed by atoms with van der Waals surface area (Å²) < 4.78 is 1.82. The third kappa shape index (κ3) is 2.74. The largest absolute Gasteiger partial charge is 0.338 e. The van der Waals surface area contributed by atoms with E-state index in [2.05, 4.69) is 10.00 Å². The van der Waals surface area contributed by atoms with Gasteiger partial charge in [-0.15, -0.1) is 0 Å². The van der Waals surface area contributed by atoms with Crippen molar-refractivity contribution in [3.05, 3.63) is 42.1 Å². The number of nitrogens with zero attached hydrogens (tertiary/aromatic N) is 3. The summed E-state index contributed by atoms with van der Waals surface area (Å²) in [5, 5.41) is 4.36. The van der Waals surface area contributed by atoms with Gasteiger partial charge in [-0.2, -0.15) is 5.10 Å². The van der Waals surface area contributed by atoms with Crippen molar-refractivity contribution in [3.8, 4) is 11.3 Å². The van der Waals surface area contributed by atoms with Gasteiger partial charge in [0, 0.05) is 25.7 Å². The lowest BCUT2D eigenvalue weighted by atomic mass is 9.75. The lowest BCUT2D eigenvalue weighted by Gasteiger charge is -2.41. The molecular formula is C20H25N3O. The predicted octanol–water partition coefficient (Wildman–Crippen LogP) is 3.74. The summed E-state index contributed by atoms with van der Waals surface area (Å²) in [4.78, 5) is 15.2. The Kier molecular flexibility index (Phi) is 4.13. The van der Waals surface area contributed by atoms with E-state index in [9.17, 15) is 4.79 Å². The first-order chi connectivity index (χ1) is 11.7. The maximum absolute atomic E-state index is 13.2. The smallest absolute Gasteiger partial charge is 0.257 e. The van der Waals surface area contributed by atoms with Crippen LogP contribution >= 0.6 is 0 Å². The minimum atomic E-state index is 0.144. The Labute approximate surface area is 143 Å². The summed E-state index contributed by atoms with van der Waals surface area (Å²) in [6, 6.07) is 10.1. The van der Waals surface area contributed by atoms with E-state index < -0.39 is 0 Å². The van der Waals surface area contributed by atoms with Gasteiger partial charge in [0.1, 0.15) is 0 Å². The van der Waals surface area contributed by atoms with E-state index in [1.54, 1.807) is 6.20 Å². The SMILES string of the molecule is Cn1ncc(C(=O)N2CCC3CCCCC3C2)c1-c1ccccc1. The maximum Gasteiger partial charge on any atom is 0.257 e. The Morgan fingerprint density at radius 2 is 1.83 bits per heavy atom. The average Bonchev–Trinajstić information content (AvgIpc) is 3.03. The van der Waals surface area contributed by atoms with Gasteiger partial charge in [-0.1, -0.05) is 49.6 Å². The molecular weight excluding hydrogens is 298 g/mol. The van der Waals surface area contributed by atoms with Gasteiger partial charge < -0.3 is 4.90 Å². The molecule has 0 bridgehead atoms. The topological polar surface area (TPSA) is 38.1 Å². The fourth-order valence-corrected chi connectivity index (χ4v) is 4.49. The molecule has 1 saturated heterocycles. The number of hydrogen-bond donors (Lipinski definition) is 0. The number of amides is 1. The molecule has 1 aromatic carbocycles. The highest BCUT2D eigenvalue weighted by Crippen LogP contribution is 2.37. The Morgan fingerprint density at radius 3 is 2.62 bits per heavy atom. The molecule has 1 amide bonds. The molecule has 2 unspecified atom stereocenters. The Balaban J connectivity index is 1.59. The Morgan fingerprint density at radius 1 is 1.08 bits per heavy atom. The molecule has 24 heavy (non-hydrogen) atoms.